The molecular formula is C17H21N. The van der Waals surface area contributed by atoms with E-state index < -0.39 is 0 Å². The summed E-state index contributed by atoms with van der Waals surface area (Å²) in [6, 6.07) is 17.1. The summed E-state index contributed by atoms with van der Waals surface area (Å²) in [6.45, 7) is 5.37. The SMILES string of the molecule is Cc1ccc(CCCNc2ccccc2)c(C)c1. The fourth-order valence-corrected chi connectivity index (χ4v) is 2.19. The zero-order valence-corrected chi connectivity index (χ0v) is 11.2. The summed E-state index contributed by atoms with van der Waals surface area (Å²) in [5.74, 6) is 0. The maximum Gasteiger partial charge on any atom is 0.0340 e. The molecule has 0 saturated heterocycles. The fraction of sp³-hybridized carbons (Fsp3) is 0.294. The van der Waals surface area contributed by atoms with Crippen molar-refractivity contribution in [2.75, 3.05) is 11.9 Å². The van der Waals surface area contributed by atoms with Gasteiger partial charge in [0.25, 0.3) is 0 Å². The number of rotatable bonds is 5. The minimum Gasteiger partial charge on any atom is -0.385 e. The summed E-state index contributed by atoms with van der Waals surface area (Å²) in [5.41, 5.74) is 5.43. The van der Waals surface area contributed by atoms with Crippen LogP contribution in [0.15, 0.2) is 48.5 Å². The number of hydrogen-bond acceptors (Lipinski definition) is 1. The number of hydrogen-bond donors (Lipinski definition) is 1. The van der Waals surface area contributed by atoms with Gasteiger partial charge in [-0.3, -0.25) is 0 Å². The van der Waals surface area contributed by atoms with Crippen LogP contribution in [0.1, 0.15) is 23.1 Å². The van der Waals surface area contributed by atoms with Gasteiger partial charge in [0.15, 0.2) is 0 Å². The smallest absolute Gasteiger partial charge is 0.0340 e. The molecule has 0 aliphatic rings. The van der Waals surface area contributed by atoms with Crippen LogP contribution >= 0.6 is 0 Å². The Morgan fingerprint density at radius 2 is 1.72 bits per heavy atom. The van der Waals surface area contributed by atoms with Gasteiger partial charge < -0.3 is 5.32 Å². The van der Waals surface area contributed by atoms with E-state index in [1.54, 1.807) is 0 Å². The highest BCUT2D eigenvalue weighted by Gasteiger charge is 1.98. The van der Waals surface area contributed by atoms with Crippen molar-refractivity contribution < 1.29 is 0 Å². The molecule has 0 fully saturated rings. The minimum atomic E-state index is 1.03. The van der Waals surface area contributed by atoms with Crippen molar-refractivity contribution in [3.8, 4) is 0 Å². The van der Waals surface area contributed by atoms with Crippen LogP contribution in [-0.4, -0.2) is 6.54 Å². The molecule has 2 aromatic carbocycles. The molecule has 0 unspecified atom stereocenters. The highest BCUT2D eigenvalue weighted by molar-refractivity contribution is 5.42. The Balaban J connectivity index is 1.79. The molecule has 0 spiro atoms. The molecule has 0 saturated carbocycles. The summed E-state index contributed by atoms with van der Waals surface area (Å²) in [7, 11) is 0. The molecule has 1 heteroatoms. The predicted octanol–water partition coefficient (Wildman–Crippen LogP) is 4.35. The molecule has 0 bridgehead atoms. The lowest BCUT2D eigenvalue weighted by atomic mass is 10.0. The highest BCUT2D eigenvalue weighted by atomic mass is 14.9. The summed E-state index contributed by atoms with van der Waals surface area (Å²) < 4.78 is 0. The van der Waals surface area contributed by atoms with E-state index in [0.29, 0.717) is 0 Å². The molecule has 18 heavy (non-hydrogen) atoms. The molecule has 0 heterocycles. The van der Waals surface area contributed by atoms with E-state index in [1.165, 1.54) is 28.8 Å². The van der Waals surface area contributed by atoms with Crippen molar-refractivity contribution in [1.29, 1.82) is 0 Å². The Hall–Kier alpha value is -1.76. The van der Waals surface area contributed by atoms with E-state index in [4.69, 9.17) is 0 Å². The van der Waals surface area contributed by atoms with Gasteiger partial charge >= 0.3 is 0 Å². The summed E-state index contributed by atoms with van der Waals surface area (Å²) in [4.78, 5) is 0. The van der Waals surface area contributed by atoms with Crippen molar-refractivity contribution in [2.45, 2.75) is 26.7 Å². The fourth-order valence-electron chi connectivity index (χ4n) is 2.19. The molecule has 0 aliphatic heterocycles. The van der Waals surface area contributed by atoms with E-state index in [1.807, 2.05) is 6.07 Å². The molecule has 1 nitrogen and oxygen atoms in total. The predicted molar refractivity (Wildman–Crippen MR) is 79.2 cm³/mol. The third kappa shape index (κ3) is 3.63. The van der Waals surface area contributed by atoms with Crippen molar-refractivity contribution in [3.05, 3.63) is 65.2 Å². The first-order valence-electron chi connectivity index (χ1n) is 6.61. The number of benzene rings is 2. The minimum absolute atomic E-state index is 1.03. The molecule has 94 valence electrons. The lowest BCUT2D eigenvalue weighted by Gasteiger charge is -2.08. The van der Waals surface area contributed by atoms with Crippen LogP contribution in [0.3, 0.4) is 0 Å². The van der Waals surface area contributed by atoms with Gasteiger partial charge in [-0.15, -0.1) is 0 Å². The van der Waals surface area contributed by atoms with E-state index >= 15 is 0 Å². The second kappa shape index (κ2) is 6.25. The van der Waals surface area contributed by atoms with E-state index in [9.17, 15) is 0 Å². The second-order valence-corrected chi connectivity index (χ2v) is 4.83. The maximum absolute atomic E-state index is 3.45. The number of nitrogens with one attached hydrogen (secondary N) is 1. The molecule has 0 atom stereocenters. The zero-order valence-electron chi connectivity index (χ0n) is 11.2. The van der Waals surface area contributed by atoms with Gasteiger partial charge in [-0.05, 0) is 49.9 Å². The second-order valence-electron chi connectivity index (χ2n) is 4.83. The molecule has 2 aromatic rings. The summed E-state index contributed by atoms with van der Waals surface area (Å²) >= 11 is 0. The molecular weight excluding hydrogens is 218 g/mol. The van der Waals surface area contributed by atoms with Gasteiger partial charge in [0.2, 0.25) is 0 Å². The normalized spacial score (nSPS) is 10.3. The van der Waals surface area contributed by atoms with Gasteiger partial charge in [0.05, 0.1) is 0 Å². The van der Waals surface area contributed by atoms with E-state index in [2.05, 4.69) is 61.6 Å². The van der Waals surface area contributed by atoms with Gasteiger partial charge in [0.1, 0.15) is 0 Å². The maximum atomic E-state index is 3.45. The lowest BCUT2D eigenvalue weighted by Crippen LogP contribution is -2.03. The van der Waals surface area contributed by atoms with Crippen LogP contribution < -0.4 is 5.32 Å². The Kier molecular flexibility index (Phi) is 4.40. The zero-order chi connectivity index (χ0) is 12.8. The third-order valence-electron chi connectivity index (χ3n) is 3.22. The first kappa shape index (κ1) is 12.7. The molecule has 1 N–H and O–H groups in total. The number of aryl methyl sites for hydroxylation is 3. The monoisotopic (exact) mass is 239 g/mol. The largest absolute Gasteiger partial charge is 0.385 e. The highest BCUT2D eigenvalue weighted by Crippen LogP contribution is 2.13. The molecule has 0 aromatic heterocycles. The average Bonchev–Trinajstić information content (AvgIpc) is 2.38. The van der Waals surface area contributed by atoms with Crippen molar-refractivity contribution >= 4 is 5.69 Å². The van der Waals surface area contributed by atoms with Crippen LogP contribution in [0.2, 0.25) is 0 Å². The topological polar surface area (TPSA) is 12.0 Å². The lowest BCUT2D eigenvalue weighted by molar-refractivity contribution is 0.856. The van der Waals surface area contributed by atoms with E-state index in [-0.39, 0.29) is 0 Å². The Morgan fingerprint density at radius 3 is 2.44 bits per heavy atom. The molecule has 2 rings (SSSR count). The van der Waals surface area contributed by atoms with Crippen molar-refractivity contribution in [2.24, 2.45) is 0 Å². The van der Waals surface area contributed by atoms with Crippen LogP contribution in [-0.2, 0) is 6.42 Å². The van der Waals surface area contributed by atoms with Crippen LogP contribution in [0, 0.1) is 13.8 Å². The Morgan fingerprint density at radius 1 is 0.944 bits per heavy atom. The van der Waals surface area contributed by atoms with Gasteiger partial charge in [0, 0.05) is 12.2 Å². The standard InChI is InChI=1S/C17H21N/c1-14-10-11-16(15(2)13-14)7-6-12-18-17-8-4-3-5-9-17/h3-5,8-11,13,18H,6-7,12H2,1-2H3. The van der Waals surface area contributed by atoms with Crippen LogP contribution in [0.5, 0.6) is 0 Å². The van der Waals surface area contributed by atoms with Crippen molar-refractivity contribution in [3.63, 3.8) is 0 Å². The summed E-state index contributed by atoms with van der Waals surface area (Å²) in [6.07, 6.45) is 2.31. The first-order chi connectivity index (χ1) is 8.75. The van der Waals surface area contributed by atoms with Gasteiger partial charge in [-0.1, -0.05) is 42.0 Å². The summed E-state index contributed by atoms with van der Waals surface area (Å²) in [5, 5.41) is 3.45. The number of anilines is 1. The quantitative estimate of drug-likeness (QED) is 0.765. The van der Waals surface area contributed by atoms with Crippen LogP contribution in [0.25, 0.3) is 0 Å². The van der Waals surface area contributed by atoms with Gasteiger partial charge in [-0.25, -0.2) is 0 Å². The third-order valence-corrected chi connectivity index (χ3v) is 3.22. The molecule has 0 radical (unpaired) electrons. The average molecular weight is 239 g/mol. The van der Waals surface area contributed by atoms with Gasteiger partial charge in [-0.2, -0.15) is 0 Å². The van der Waals surface area contributed by atoms with Crippen molar-refractivity contribution in [1.82, 2.24) is 0 Å². The Bertz CT molecular complexity index is 488. The molecule has 0 aliphatic carbocycles. The van der Waals surface area contributed by atoms with Crippen LogP contribution in [0.4, 0.5) is 5.69 Å². The van der Waals surface area contributed by atoms with E-state index in [0.717, 1.165) is 13.0 Å². The molecule has 0 amide bonds. The first-order valence-corrected chi connectivity index (χ1v) is 6.61. The number of para-hydroxylation sites is 1. The Labute approximate surface area is 110 Å².